The van der Waals surface area contributed by atoms with Crippen molar-refractivity contribution >= 4 is 6.08 Å². The number of nitrogens with zero attached hydrogens (tertiary/aromatic N) is 2. The molecule has 0 radical (unpaired) electrons. The second-order valence-electron chi connectivity index (χ2n) is 3.06. The van der Waals surface area contributed by atoms with Gasteiger partial charge in [-0.3, -0.25) is 0 Å². The lowest BCUT2D eigenvalue weighted by atomic mass is 9.92. The number of hydrogen-bond donors (Lipinski definition) is 0. The van der Waals surface area contributed by atoms with Crippen LogP contribution in [0.1, 0.15) is 37.9 Å². The Morgan fingerprint density at radius 3 is 2.83 bits per heavy atom. The maximum atomic E-state index is 5.02. The molecule has 1 heterocycles. The van der Waals surface area contributed by atoms with Gasteiger partial charge in [-0.2, -0.15) is 4.98 Å². The molecule has 1 aromatic heterocycles. The summed E-state index contributed by atoms with van der Waals surface area (Å²) in [4.78, 5) is 4.20. The molecule has 64 valence electrons. The maximum Gasteiger partial charge on any atom is 0.250 e. The van der Waals surface area contributed by atoms with E-state index >= 15 is 0 Å². The van der Waals surface area contributed by atoms with Crippen LogP contribution in [0.15, 0.2) is 10.1 Å². The van der Waals surface area contributed by atoms with Crippen LogP contribution in [-0.2, 0) is 6.42 Å². The van der Waals surface area contributed by atoms with Gasteiger partial charge in [0, 0.05) is 12.5 Å². The second kappa shape index (κ2) is 3.09. The number of rotatable bonds is 2. The van der Waals surface area contributed by atoms with E-state index in [9.17, 15) is 0 Å². The highest BCUT2D eigenvalue weighted by molar-refractivity contribution is 5.45. The summed E-state index contributed by atoms with van der Waals surface area (Å²) in [6, 6.07) is 0. The first kappa shape index (κ1) is 7.53. The van der Waals surface area contributed by atoms with Gasteiger partial charge in [0.25, 0.3) is 5.89 Å². The Balaban J connectivity index is 2.12. The zero-order valence-corrected chi connectivity index (χ0v) is 7.21. The van der Waals surface area contributed by atoms with Crippen LogP contribution in [0.2, 0.25) is 0 Å². The molecule has 1 saturated carbocycles. The molecular formula is C9H12N2O. The molecule has 0 bridgehead atoms. The molecule has 0 N–H and O–H groups in total. The summed E-state index contributed by atoms with van der Waals surface area (Å²) in [6.45, 7) is 2.02. The number of aromatic nitrogens is 2. The SMILES string of the molecule is CCc1noc(C=C2CCC2)n1. The predicted molar refractivity (Wildman–Crippen MR) is 45.5 cm³/mol. The van der Waals surface area contributed by atoms with Gasteiger partial charge in [-0.25, -0.2) is 0 Å². The summed E-state index contributed by atoms with van der Waals surface area (Å²) in [5, 5.41) is 3.82. The van der Waals surface area contributed by atoms with E-state index in [1.165, 1.54) is 24.8 Å². The highest BCUT2D eigenvalue weighted by atomic mass is 16.5. The van der Waals surface area contributed by atoms with E-state index < -0.39 is 0 Å². The van der Waals surface area contributed by atoms with Gasteiger partial charge in [-0.1, -0.05) is 17.7 Å². The largest absolute Gasteiger partial charge is 0.335 e. The Kier molecular flexibility index (Phi) is 1.94. The number of hydrogen-bond acceptors (Lipinski definition) is 3. The molecule has 0 saturated heterocycles. The van der Waals surface area contributed by atoms with E-state index in [2.05, 4.69) is 10.1 Å². The molecule has 12 heavy (non-hydrogen) atoms. The molecule has 0 atom stereocenters. The van der Waals surface area contributed by atoms with E-state index in [0.717, 1.165) is 12.2 Å². The van der Waals surface area contributed by atoms with E-state index in [-0.39, 0.29) is 0 Å². The molecule has 1 aliphatic carbocycles. The Labute approximate surface area is 71.5 Å². The van der Waals surface area contributed by atoms with Crippen molar-refractivity contribution in [2.24, 2.45) is 0 Å². The fourth-order valence-corrected chi connectivity index (χ4v) is 1.17. The summed E-state index contributed by atoms with van der Waals surface area (Å²) in [5.41, 5.74) is 1.43. The fourth-order valence-electron chi connectivity index (χ4n) is 1.17. The van der Waals surface area contributed by atoms with Crippen LogP contribution in [0.25, 0.3) is 6.08 Å². The zero-order valence-electron chi connectivity index (χ0n) is 7.21. The number of allylic oxidation sites excluding steroid dienone is 1. The van der Waals surface area contributed by atoms with E-state index in [1.54, 1.807) is 0 Å². The lowest BCUT2D eigenvalue weighted by molar-refractivity contribution is 0.402. The first-order valence-electron chi connectivity index (χ1n) is 4.40. The van der Waals surface area contributed by atoms with Crippen molar-refractivity contribution in [1.82, 2.24) is 10.1 Å². The maximum absolute atomic E-state index is 5.02. The Bertz CT molecular complexity index is 295. The Hall–Kier alpha value is -1.12. The van der Waals surface area contributed by atoms with Crippen molar-refractivity contribution in [1.29, 1.82) is 0 Å². The molecule has 0 amide bonds. The van der Waals surface area contributed by atoms with E-state index in [0.29, 0.717) is 5.89 Å². The Morgan fingerprint density at radius 1 is 1.50 bits per heavy atom. The molecule has 1 aromatic rings. The molecule has 1 fully saturated rings. The van der Waals surface area contributed by atoms with Crippen molar-refractivity contribution in [3.8, 4) is 0 Å². The molecule has 3 heteroatoms. The third-order valence-electron chi connectivity index (χ3n) is 2.12. The normalized spacial score (nSPS) is 15.9. The van der Waals surface area contributed by atoms with Crippen LogP contribution in [-0.4, -0.2) is 10.1 Å². The molecule has 1 aliphatic rings. The van der Waals surface area contributed by atoms with Gasteiger partial charge >= 0.3 is 0 Å². The smallest absolute Gasteiger partial charge is 0.250 e. The van der Waals surface area contributed by atoms with E-state index in [1.807, 2.05) is 13.0 Å². The standard InChI is InChI=1S/C9H12N2O/c1-2-8-10-9(12-11-8)6-7-4-3-5-7/h6H,2-5H2,1H3. The van der Waals surface area contributed by atoms with Gasteiger partial charge in [-0.05, 0) is 19.3 Å². The number of aryl methyl sites for hydroxylation is 1. The minimum Gasteiger partial charge on any atom is -0.335 e. The van der Waals surface area contributed by atoms with Gasteiger partial charge in [0.15, 0.2) is 5.82 Å². The highest BCUT2D eigenvalue weighted by Gasteiger charge is 2.10. The van der Waals surface area contributed by atoms with Gasteiger partial charge in [0.2, 0.25) is 0 Å². The molecule has 0 aromatic carbocycles. The summed E-state index contributed by atoms with van der Waals surface area (Å²) >= 11 is 0. The molecule has 0 spiro atoms. The topological polar surface area (TPSA) is 38.9 Å². The first-order chi connectivity index (χ1) is 5.88. The van der Waals surface area contributed by atoms with Crippen molar-refractivity contribution in [3.63, 3.8) is 0 Å². The first-order valence-corrected chi connectivity index (χ1v) is 4.40. The lowest BCUT2D eigenvalue weighted by Gasteiger charge is -2.14. The second-order valence-corrected chi connectivity index (χ2v) is 3.06. The molecule has 3 nitrogen and oxygen atoms in total. The van der Waals surface area contributed by atoms with Gasteiger partial charge in [-0.15, -0.1) is 0 Å². The highest BCUT2D eigenvalue weighted by Crippen LogP contribution is 2.26. The molecule has 0 aliphatic heterocycles. The quantitative estimate of drug-likeness (QED) is 0.672. The molecule has 2 rings (SSSR count). The predicted octanol–water partition coefficient (Wildman–Crippen LogP) is 2.20. The third-order valence-corrected chi connectivity index (χ3v) is 2.12. The van der Waals surface area contributed by atoms with Crippen LogP contribution in [0.4, 0.5) is 0 Å². The average Bonchev–Trinajstić information content (AvgIpc) is 2.44. The zero-order chi connectivity index (χ0) is 8.39. The van der Waals surface area contributed by atoms with Crippen molar-refractivity contribution in [2.45, 2.75) is 32.6 Å². The van der Waals surface area contributed by atoms with Gasteiger partial charge in [0.05, 0.1) is 0 Å². The summed E-state index contributed by atoms with van der Waals surface area (Å²) in [6.07, 6.45) is 6.55. The minimum atomic E-state index is 0.668. The summed E-state index contributed by atoms with van der Waals surface area (Å²) < 4.78 is 5.02. The third kappa shape index (κ3) is 1.40. The summed E-state index contributed by atoms with van der Waals surface area (Å²) in [5.74, 6) is 1.46. The van der Waals surface area contributed by atoms with Crippen LogP contribution >= 0.6 is 0 Å². The van der Waals surface area contributed by atoms with Gasteiger partial charge < -0.3 is 4.52 Å². The molecular weight excluding hydrogens is 152 g/mol. The van der Waals surface area contributed by atoms with Crippen LogP contribution in [0.3, 0.4) is 0 Å². The van der Waals surface area contributed by atoms with Crippen LogP contribution in [0, 0.1) is 0 Å². The average molecular weight is 164 g/mol. The van der Waals surface area contributed by atoms with E-state index in [4.69, 9.17) is 4.52 Å². The van der Waals surface area contributed by atoms with Crippen molar-refractivity contribution in [2.75, 3.05) is 0 Å². The van der Waals surface area contributed by atoms with Crippen molar-refractivity contribution in [3.05, 3.63) is 17.3 Å². The van der Waals surface area contributed by atoms with Crippen LogP contribution < -0.4 is 0 Å². The van der Waals surface area contributed by atoms with Gasteiger partial charge in [0.1, 0.15) is 0 Å². The van der Waals surface area contributed by atoms with Crippen LogP contribution in [0.5, 0.6) is 0 Å². The van der Waals surface area contributed by atoms with Crippen molar-refractivity contribution < 1.29 is 4.52 Å². The Morgan fingerprint density at radius 2 is 2.33 bits per heavy atom. The monoisotopic (exact) mass is 164 g/mol. The minimum absolute atomic E-state index is 0.668. The summed E-state index contributed by atoms with van der Waals surface area (Å²) in [7, 11) is 0. The molecule has 0 unspecified atom stereocenters. The lowest BCUT2D eigenvalue weighted by Crippen LogP contribution is -1.95. The fraction of sp³-hybridized carbons (Fsp3) is 0.556.